The Morgan fingerprint density at radius 3 is 2.77 bits per heavy atom. The number of carbonyl (C=O) groups excluding carboxylic acids is 1. The topological polar surface area (TPSA) is 17.1 Å². The summed E-state index contributed by atoms with van der Waals surface area (Å²) in [4.78, 5) is 10.7. The lowest BCUT2D eigenvalue weighted by Gasteiger charge is -1.99. The van der Waals surface area contributed by atoms with Crippen molar-refractivity contribution in [2.24, 2.45) is 0 Å². The highest BCUT2D eigenvalue weighted by molar-refractivity contribution is 6.33. The SMILES string of the molecule is O=Cc1c(Cl)cccc1C=CCCl. The fourth-order valence-electron chi connectivity index (χ4n) is 0.995. The summed E-state index contributed by atoms with van der Waals surface area (Å²) in [7, 11) is 0. The van der Waals surface area contributed by atoms with E-state index in [-0.39, 0.29) is 0 Å². The van der Waals surface area contributed by atoms with Crippen molar-refractivity contribution in [3.63, 3.8) is 0 Å². The summed E-state index contributed by atoms with van der Waals surface area (Å²) >= 11 is 11.3. The molecule has 0 aliphatic carbocycles. The van der Waals surface area contributed by atoms with Crippen LogP contribution < -0.4 is 0 Å². The zero-order chi connectivity index (χ0) is 9.68. The molecule has 0 aromatic heterocycles. The van der Waals surface area contributed by atoms with Gasteiger partial charge in [-0.1, -0.05) is 35.9 Å². The van der Waals surface area contributed by atoms with Crippen LogP contribution in [0.4, 0.5) is 0 Å². The van der Waals surface area contributed by atoms with Gasteiger partial charge in [0.1, 0.15) is 0 Å². The Labute approximate surface area is 87.0 Å². The van der Waals surface area contributed by atoms with Crippen LogP contribution >= 0.6 is 23.2 Å². The molecule has 0 saturated heterocycles. The summed E-state index contributed by atoms with van der Waals surface area (Å²) in [6, 6.07) is 5.30. The van der Waals surface area contributed by atoms with Crippen LogP contribution in [0.3, 0.4) is 0 Å². The summed E-state index contributed by atoms with van der Waals surface area (Å²) in [5.74, 6) is 0.421. The second-order valence-corrected chi connectivity index (χ2v) is 3.13. The molecule has 0 spiro atoms. The fourth-order valence-corrected chi connectivity index (χ4v) is 1.31. The van der Waals surface area contributed by atoms with E-state index in [0.29, 0.717) is 16.5 Å². The lowest BCUT2D eigenvalue weighted by atomic mass is 10.1. The predicted octanol–water partition coefficient (Wildman–Crippen LogP) is 3.40. The Bertz CT molecular complexity index is 332. The first-order valence-corrected chi connectivity index (χ1v) is 4.67. The maximum atomic E-state index is 10.7. The van der Waals surface area contributed by atoms with Crippen molar-refractivity contribution in [2.75, 3.05) is 5.88 Å². The molecule has 0 fully saturated rings. The van der Waals surface area contributed by atoms with Gasteiger partial charge >= 0.3 is 0 Å². The molecule has 0 heterocycles. The molecule has 0 bridgehead atoms. The maximum absolute atomic E-state index is 10.7. The zero-order valence-corrected chi connectivity index (χ0v) is 8.35. The molecule has 1 rings (SSSR count). The average Bonchev–Trinajstić information content (AvgIpc) is 2.15. The van der Waals surface area contributed by atoms with Gasteiger partial charge in [-0.05, 0) is 11.6 Å². The molecule has 0 aliphatic rings. The molecule has 0 aliphatic heterocycles. The summed E-state index contributed by atoms with van der Waals surface area (Å²) in [5, 5.41) is 0.465. The quantitative estimate of drug-likeness (QED) is 0.557. The summed E-state index contributed by atoms with van der Waals surface area (Å²) in [5.41, 5.74) is 1.30. The molecule has 0 radical (unpaired) electrons. The monoisotopic (exact) mass is 214 g/mol. The summed E-state index contributed by atoms with van der Waals surface area (Å²) in [6.07, 6.45) is 4.29. The van der Waals surface area contributed by atoms with Crippen LogP contribution in [0.15, 0.2) is 24.3 Å². The third kappa shape index (κ3) is 2.58. The van der Waals surface area contributed by atoms with Gasteiger partial charge in [0.25, 0.3) is 0 Å². The largest absolute Gasteiger partial charge is 0.298 e. The van der Waals surface area contributed by atoms with E-state index >= 15 is 0 Å². The van der Waals surface area contributed by atoms with E-state index < -0.39 is 0 Å². The van der Waals surface area contributed by atoms with Crippen molar-refractivity contribution < 1.29 is 4.79 Å². The van der Waals surface area contributed by atoms with Crippen molar-refractivity contribution in [2.45, 2.75) is 0 Å². The van der Waals surface area contributed by atoms with E-state index in [2.05, 4.69) is 0 Å². The number of rotatable bonds is 3. The van der Waals surface area contributed by atoms with Gasteiger partial charge in [0.2, 0.25) is 0 Å². The van der Waals surface area contributed by atoms with Gasteiger partial charge in [0.05, 0.1) is 5.02 Å². The lowest BCUT2D eigenvalue weighted by molar-refractivity contribution is 0.112. The van der Waals surface area contributed by atoms with Gasteiger partial charge in [-0.15, -0.1) is 11.6 Å². The van der Waals surface area contributed by atoms with Gasteiger partial charge in [0.15, 0.2) is 6.29 Å². The van der Waals surface area contributed by atoms with E-state index in [0.717, 1.165) is 11.8 Å². The second kappa shape index (κ2) is 5.05. The third-order valence-corrected chi connectivity index (χ3v) is 2.10. The molecule has 0 saturated carbocycles. The van der Waals surface area contributed by atoms with E-state index in [4.69, 9.17) is 23.2 Å². The van der Waals surface area contributed by atoms with E-state index in [1.807, 2.05) is 6.07 Å². The standard InChI is InChI=1S/C10H8Cl2O/c11-6-2-4-8-3-1-5-10(12)9(8)7-13/h1-5,7H,6H2. The molecule has 1 aromatic rings. The van der Waals surface area contributed by atoms with Crippen LogP contribution in [0.2, 0.25) is 5.02 Å². The van der Waals surface area contributed by atoms with Crippen molar-refractivity contribution in [1.29, 1.82) is 0 Å². The minimum Gasteiger partial charge on any atom is -0.298 e. The lowest BCUT2D eigenvalue weighted by Crippen LogP contribution is -1.86. The van der Waals surface area contributed by atoms with Crippen LogP contribution in [0.1, 0.15) is 15.9 Å². The molecule has 68 valence electrons. The number of benzene rings is 1. The molecular formula is C10H8Cl2O. The minimum atomic E-state index is 0.421. The second-order valence-electron chi connectivity index (χ2n) is 2.42. The smallest absolute Gasteiger partial charge is 0.152 e. The molecule has 1 nitrogen and oxygen atoms in total. The highest BCUT2D eigenvalue weighted by atomic mass is 35.5. The normalized spacial score (nSPS) is 10.6. The van der Waals surface area contributed by atoms with Gasteiger partial charge < -0.3 is 0 Å². The average molecular weight is 215 g/mol. The van der Waals surface area contributed by atoms with E-state index in [9.17, 15) is 4.79 Å². The Hall–Kier alpha value is -0.790. The molecule has 0 unspecified atom stereocenters. The molecule has 0 atom stereocenters. The third-order valence-electron chi connectivity index (χ3n) is 1.59. The van der Waals surface area contributed by atoms with Crippen LogP contribution in [-0.2, 0) is 0 Å². The Morgan fingerprint density at radius 1 is 1.38 bits per heavy atom. The van der Waals surface area contributed by atoms with Crippen LogP contribution in [-0.4, -0.2) is 12.2 Å². The number of aldehydes is 1. The number of alkyl halides is 1. The fraction of sp³-hybridized carbons (Fsp3) is 0.100. The number of allylic oxidation sites excluding steroid dienone is 1. The number of halogens is 2. The molecule has 1 aromatic carbocycles. The van der Waals surface area contributed by atoms with Crippen LogP contribution in [0.5, 0.6) is 0 Å². The highest BCUT2D eigenvalue weighted by Gasteiger charge is 2.01. The number of hydrogen-bond donors (Lipinski definition) is 0. The van der Waals surface area contributed by atoms with Crippen molar-refractivity contribution >= 4 is 35.6 Å². The summed E-state index contributed by atoms with van der Waals surface area (Å²) < 4.78 is 0. The van der Waals surface area contributed by atoms with Crippen molar-refractivity contribution in [3.05, 3.63) is 40.4 Å². The van der Waals surface area contributed by atoms with E-state index in [1.165, 1.54) is 0 Å². The van der Waals surface area contributed by atoms with E-state index in [1.54, 1.807) is 24.3 Å². The molecular weight excluding hydrogens is 207 g/mol. The maximum Gasteiger partial charge on any atom is 0.152 e. The zero-order valence-electron chi connectivity index (χ0n) is 6.84. The van der Waals surface area contributed by atoms with Gasteiger partial charge in [-0.25, -0.2) is 0 Å². The molecule has 0 N–H and O–H groups in total. The minimum absolute atomic E-state index is 0.421. The Balaban J connectivity index is 3.12. The number of carbonyl (C=O) groups is 1. The molecule has 13 heavy (non-hydrogen) atoms. The first-order chi connectivity index (χ1) is 6.29. The first kappa shape index (κ1) is 10.3. The summed E-state index contributed by atoms with van der Waals surface area (Å²) in [6.45, 7) is 0. The Kier molecular flexibility index (Phi) is 4.00. The van der Waals surface area contributed by atoms with Crippen LogP contribution in [0, 0.1) is 0 Å². The van der Waals surface area contributed by atoms with Gasteiger partial charge in [-0.2, -0.15) is 0 Å². The van der Waals surface area contributed by atoms with Gasteiger partial charge in [-0.3, -0.25) is 4.79 Å². The first-order valence-electron chi connectivity index (χ1n) is 3.75. The molecule has 0 amide bonds. The van der Waals surface area contributed by atoms with Crippen LogP contribution in [0.25, 0.3) is 6.08 Å². The van der Waals surface area contributed by atoms with Crippen molar-refractivity contribution in [1.82, 2.24) is 0 Å². The predicted molar refractivity (Wildman–Crippen MR) is 56.6 cm³/mol. The Morgan fingerprint density at radius 2 is 2.15 bits per heavy atom. The molecule has 3 heteroatoms. The van der Waals surface area contributed by atoms with Gasteiger partial charge in [0, 0.05) is 11.4 Å². The van der Waals surface area contributed by atoms with Crippen molar-refractivity contribution in [3.8, 4) is 0 Å². The number of hydrogen-bond acceptors (Lipinski definition) is 1. The highest BCUT2D eigenvalue weighted by Crippen LogP contribution is 2.19.